The molecule has 2 aromatic rings. The van der Waals surface area contributed by atoms with Gasteiger partial charge in [-0.1, -0.05) is 0 Å². The molecular formula is C13H14N2O4. The fourth-order valence-corrected chi connectivity index (χ4v) is 2.19. The molecule has 19 heavy (non-hydrogen) atoms. The predicted octanol–water partition coefficient (Wildman–Crippen LogP) is 1.42. The molecule has 0 saturated carbocycles. The summed E-state index contributed by atoms with van der Waals surface area (Å²) in [6.07, 6.45) is 1.59. The quantitative estimate of drug-likeness (QED) is 0.846. The number of esters is 1. The minimum Gasteiger partial charge on any atom is -0.468 e. The maximum Gasteiger partial charge on any atom is 0.324 e. The van der Waals surface area contributed by atoms with E-state index in [4.69, 9.17) is 13.9 Å². The number of rotatable bonds is 3. The number of imidazole rings is 1. The average Bonchev–Trinajstić information content (AvgIpc) is 2.96. The van der Waals surface area contributed by atoms with Gasteiger partial charge in [0.1, 0.15) is 11.5 Å². The number of carbonyl (C=O) groups excluding carboxylic acids is 1. The number of nitrogens with zero attached hydrogens (tertiary/aromatic N) is 1. The van der Waals surface area contributed by atoms with Crippen LogP contribution in [0.1, 0.15) is 11.5 Å². The van der Waals surface area contributed by atoms with Gasteiger partial charge in [0.2, 0.25) is 0 Å². The van der Waals surface area contributed by atoms with Gasteiger partial charge in [-0.05, 0) is 19.1 Å². The number of carbonyl (C=O) groups is 1. The molecule has 1 aliphatic heterocycles. The molecule has 1 saturated heterocycles. The van der Waals surface area contributed by atoms with Crippen LogP contribution in [0.2, 0.25) is 0 Å². The van der Waals surface area contributed by atoms with Gasteiger partial charge in [0.15, 0.2) is 11.2 Å². The Kier molecular flexibility index (Phi) is 2.67. The number of aryl methyl sites for hydroxylation is 1. The average molecular weight is 262 g/mol. The number of aromatic amines is 1. The number of ether oxygens (including phenoxy) is 2. The van der Waals surface area contributed by atoms with Crippen molar-refractivity contribution in [3.05, 3.63) is 29.9 Å². The van der Waals surface area contributed by atoms with Crippen LogP contribution in [0.4, 0.5) is 0 Å². The van der Waals surface area contributed by atoms with Crippen LogP contribution >= 0.6 is 0 Å². The molecule has 1 fully saturated rings. The Morgan fingerprint density at radius 2 is 2.32 bits per heavy atom. The molecular weight excluding hydrogens is 248 g/mol. The molecule has 6 heteroatoms. The van der Waals surface area contributed by atoms with Gasteiger partial charge in [0.05, 0.1) is 26.6 Å². The van der Waals surface area contributed by atoms with E-state index in [1.807, 2.05) is 13.0 Å². The largest absolute Gasteiger partial charge is 0.468 e. The van der Waals surface area contributed by atoms with E-state index in [9.17, 15) is 4.79 Å². The van der Waals surface area contributed by atoms with Crippen molar-refractivity contribution < 1.29 is 18.7 Å². The van der Waals surface area contributed by atoms with Crippen molar-refractivity contribution >= 4 is 5.97 Å². The smallest absolute Gasteiger partial charge is 0.324 e. The van der Waals surface area contributed by atoms with Crippen molar-refractivity contribution in [3.8, 4) is 11.5 Å². The first-order valence-corrected chi connectivity index (χ1v) is 5.94. The highest BCUT2D eigenvalue weighted by molar-refractivity contribution is 5.83. The maximum atomic E-state index is 11.9. The maximum absolute atomic E-state index is 11.9. The molecule has 2 aromatic heterocycles. The summed E-state index contributed by atoms with van der Waals surface area (Å²) in [5.41, 5.74) is 0.736. The molecule has 1 aliphatic rings. The number of hydrogen-bond donors (Lipinski definition) is 1. The van der Waals surface area contributed by atoms with E-state index in [1.165, 1.54) is 7.11 Å². The molecule has 0 spiro atoms. The van der Waals surface area contributed by atoms with Gasteiger partial charge in [-0.15, -0.1) is 0 Å². The molecule has 0 aromatic carbocycles. The lowest BCUT2D eigenvalue weighted by Crippen LogP contribution is -2.54. The Morgan fingerprint density at radius 3 is 2.84 bits per heavy atom. The molecule has 100 valence electrons. The number of H-pyrrole nitrogens is 1. The summed E-state index contributed by atoms with van der Waals surface area (Å²) in [5.74, 6) is 0.897. The van der Waals surface area contributed by atoms with E-state index in [1.54, 1.807) is 12.3 Å². The lowest BCUT2D eigenvalue weighted by molar-refractivity contribution is -0.167. The lowest BCUT2D eigenvalue weighted by atomic mass is 9.85. The minimum atomic E-state index is -0.815. The van der Waals surface area contributed by atoms with E-state index in [-0.39, 0.29) is 19.2 Å². The summed E-state index contributed by atoms with van der Waals surface area (Å²) in [4.78, 5) is 19.6. The number of hydrogen-bond acceptors (Lipinski definition) is 5. The van der Waals surface area contributed by atoms with Crippen molar-refractivity contribution in [2.75, 3.05) is 20.3 Å². The summed E-state index contributed by atoms with van der Waals surface area (Å²) >= 11 is 0. The fraction of sp³-hybridized carbons (Fsp3) is 0.385. The Hall–Kier alpha value is -2.08. The fourth-order valence-electron chi connectivity index (χ4n) is 2.19. The Balaban J connectivity index is 2.03. The van der Waals surface area contributed by atoms with Crippen LogP contribution in [-0.2, 0) is 19.7 Å². The van der Waals surface area contributed by atoms with Crippen LogP contribution in [0, 0.1) is 6.92 Å². The van der Waals surface area contributed by atoms with Crippen molar-refractivity contribution in [1.82, 2.24) is 9.97 Å². The Bertz CT molecular complexity index is 596. The number of methoxy groups -OCH3 is 1. The van der Waals surface area contributed by atoms with Gasteiger partial charge in [0.25, 0.3) is 0 Å². The highest BCUT2D eigenvalue weighted by Gasteiger charge is 2.51. The van der Waals surface area contributed by atoms with Gasteiger partial charge in [-0.25, -0.2) is 4.98 Å². The van der Waals surface area contributed by atoms with Gasteiger partial charge in [-0.3, -0.25) is 4.79 Å². The summed E-state index contributed by atoms with van der Waals surface area (Å²) in [7, 11) is 1.37. The molecule has 0 unspecified atom stereocenters. The number of furan rings is 1. The third kappa shape index (κ3) is 1.67. The molecule has 0 amide bonds. The van der Waals surface area contributed by atoms with Crippen molar-refractivity contribution in [2.24, 2.45) is 0 Å². The van der Waals surface area contributed by atoms with Gasteiger partial charge < -0.3 is 18.9 Å². The van der Waals surface area contributed by atoms with Crippen molar-refractivity contribution in [1.29, 1.82) is 0 Å². The van der Waals surface area contributed by atoms with Gasteiger partial charge in [-0.2, -0.15) is 0 Å². The molecule has 3 heterocycles. The first kappa shape index (κ1) is 12.0. The zero-order chi connectivity index (χ0) is 13.5. The van der Waals surface area contributed by atoms with E-state index in [0.717, 1.165) is 5.69 Å². The molecule has 6 nitrogen and oxygen atoms in total. The summed E-state index contributed by atoms with van der Waals surface area (Å²) in [6, 6.07) is 3.63. The molecule has 1 N–H and O–H groups in total. The molecule has 3 rings (SSSR count). The summed E-state index contributed by atoms with van der Waals surface area (Å²) in [5, 5.41) is 0. The van der Waals surface area contributed by atoms with Crippen molar-refractivity contribution in [2.45, 2.75) is 12.3 Å². The molecule has 0 aliphatic carbocycles. The highest BCUT2D eigenvalue weighted by Crippen LogP contribution is 2.34. The van der Waals surface area contributed by atoms with E-state index in [0.29, 0.717) is 17.3 Å². The molecule has 0 bridgehead atoms. The van der Waals surface area contributed by atoms with Crippen LogP contribution in [0.5, 0.6) is 0 Å². The monoisotopic (exact) mass is 262 g/mol. The van der Waals surface area contributed by atoms with Gasteiger partial charge >= 0.3 is 5.97 Å². The second-order valence-corrected chi connectivity index (χ2v) is 4.60. The Labute approximate surface area is 109 Å². The van der Waals surface area contributed by atoms with Crippen molar-refractivity contribution in [3.63, 3.8) is 0 Å². The van der Waals surface area contributed by atoms with Crippen LogP contribution in [0.3, 0.4) is 0 Å². The normalized spacial score (nSPS) is 16.9. The highest BCUT2D eigenvalue weighted by atomic mass is 16.5. The van der Waals surface area contributed by atoms with Gasteiger partial charge in [0, 0.05) is 5.69 Å². The Morgan fingerprint density at radius 1 is 1.53 bits per heavy atom. The van der Waals surface area contributed by atoms with E-state index < -0.39 is 5.41 Å². The third-order valence-electron chi connectivity index (χ3n) is 3.37. The zero-order valence-corrected chi connectivity index (χ0v) is 10.7. The second-order valence-electron chi connectivity index (χ2n) is 4.60. The first-order chi connectivity index (χ1) is 9.17. The lowest BCUT2D eigenvalue weighted by Gasteiger charge is -2.36. The first-order valence-electron chi connectivity index (χ1n) is 5.94. The second kappa shape index (κ2) is 4.24. The summed E-state index contributed by atoms with van der Waals surface area (Å²) in [6.45, 7) is 2.45. The van der Waals surface area contributed by atoms with E-state index >= 15 is 0 Å². The third-order valence-corrected chi connectivity index (χ3v) is 3.37. The van der Waals surface area contributed by atoms with E-state index in [2.05, 4.69) is 9.97 Å². The minimum absolute atomic E-state index is 0.282. The summed E-state index contributed by atoms with van der Waals surface area (Å²) < 4.78 is 15.4. The SMILES string of the molecule is COC(=O)C1(c2nc(-c3ccco3)c(C)[nH]2)COC1. The molecule has 0 radical (unpaired) electrons. The number of aromatic nitrogens is 2. The predicted molar refractivity (Wildman–Crippen MR) is 65.5 cm³/mol. The number of nitrogens with one attached hydrogen (secondary N) is 1. The van der Waals surface area contributed by atoms with Crippen LogP contribution in [0.15, 0.2) is 22.8 Å². The van der Waals surface area contributed by atoms with Crippen LogP contribution in [0.25, 0.3) is 11.5 Å². The zero-order valence-electron chi connectivity index (χ0n) is 10.7. The standard InChI is InChI=1S/C13H14N2O4/c1-8-10(9-4-3-5-19-9)15-11(14-8)13(6-18-7-13)12(16)17-2/h3-5H,6-7H2,1-2H3,(H,14,15). The van der Waals surface area contributed by atoms with Crippen LogP contribution in [-0.4, -0.2) is 36.3 Å². The van der Waals surface area contributed by atoms with Crippen LogP contribution < -0.4 is 0 Å². The topological polar surface area (TPSA) is 77.4 Å². The molecule has 0 atom stereocenters.